The zero-order valence-corrected chi connectivity index (χ0v) is 8.27. The van der Waals surface area contributed by atoms with Gasteiger partial charge in [0.2, 0.25) is 0 Å². The van der Waals surface area contributed by atoms with Crippen LogP contribution in [0.15, 0.2) is 17.3 Å². The van der Waals surface area contributed by atoms with Crippen LogP contribution in [0.25, 0.3) is 0 Å². The lowest BCUT2D eigenvalue weighted by Crippen LogP contribution is -2.22. The highest BCUT2D eigenvalue weighted by molar-refractivity contribution is 5.98. The Morgan fingerprint density at radius 3 is 2.54 bits per heavy atom. The third-order valence-corrected chi connectivity index (χ3v) is 2.05. The van der Waals surface area contributed by atoms with Crippen LogP contribution in [0.4, 0.5) is 0 Å². The topological polar surface area (TPSA) is 58.6 Å². The van der Waals surface area contributed by atoms with Crippen molar-refractivity contribution in [3.8, 4) is 0 Å². The molecule has 3 N–H and O–H groups in total. The van der Waals surface area contributed by atoms with Crippen LogP contribution in [-0.4, -0.2) is 23.0 Å². The molecule has 3 nitrogen and oxygen atoms in total. The monoisotopic (exact) mass is 182 g/mol. The van der Waals surface area contributed by atoms with Crippen molar-refractivity contribution in [2.24, 2.45) is 16.6 Å². The Morgan fingerprint density at radius 2 is 2.15 bits per heavy atom. The third-order valence-electron chi connectivity index (χ3n) is 2.05. The Morgan fingerprint density at radius 1 is 1.54 bits per heavy atom. The maximum absolute atomic E-state index is 9.79. The second-order valence-electron chi connectivity index (χ2n) is 3.79. The summed E-state index contributed by atoms with van der Waals surface area (Å²) in [6.07, 6.45) is 4.94. The second-order valence-corrected chi connectivity index (χ2v) is 3.79. The van der Waals surface area contributed by atoms with Crippen molar-refractivity contribution in [3.05, 3.63) is 12.3 Å². The van der Waals surface area contributed by atoms with Crippen molar-refractivity contribution in [3.63, 3.8) is 0 Å². The van der Waals surface area contributed by atoms with Crippen LogP contribution in [-0.2, 0) is 0 Å². The summed E-state index contributed by atoms with van der Waals surface area (Å²) < 4.78 is 0. The van der Waals surface area contributed by atoms with Gasteiger partial charge in [0.05, 0.1) is 11.8 Å². The molecule has 1 aliphatic carbocycles. The average molecular weight is 182 g/mol. The van der Waals surface area contributed by atoms with E-state index in [-0.39, 0.29) is 6.04 Å². The van der Waals surface area contributed by atoms with E-state index < -0.39 is 6.10 Å². The van der Waals surface area contributed by atoms with Gasteiger partial charge in [-0.05, 0) is 44.9 Å². The largest absolute Gasteiger partial charge is 0.405 e. The van der Waals surface area contributed by atoms with Crippen molar-refractivity contribution < 1.29 is 5.11 Å². The third kappa shape index (κ3) is 3.19. The van der Waals surface area contributed by atoms with Crippen LogP contribution in [0.2, 0.25) is 0 Å². The van der Waals surface area contributed by atoms with Gasteiger partial charge in [-0.25, -0.2) is 0 Å². The van der Waals surface area contributed by atoms with E-state index in [1.807, 2.05) is 13.8 Å². The number of hydrogen-bond donors (Lipinski definition) is 2. The summed E-state index contributed by atoms with van der Waals surface area (Å²) in [4.78, 5) is 4.33. The Kier molecular flexibility index (Phi) is 3.48. The molecule has 0 bridgehead atoms. The minimum absolute atomic E-state index is 0.208. The molecule has 0 heterocycles. The molecule has 1 unspecified atom stereocenters. The average Bonchev–Trinajstić information content (AvgIpc) is 2.84. The number of aliphatic hydroxyl groups excluding tert-OH is 1. The molecule has 1 aliphatic rings. The Bertz CT molecular complexity index is 217. The molecule has 0 amide bonds. The van der Waals surface area contributed by atoms with Gasteiger partial charge in [-0.15, -0.1) is 0 Å². The lowest BCUT2D eigenvalue weighted by atomic mass is 10.1. The lowest BCUT2D eigenvalue weighted by Gasteiger charge is -2.10. The number of nitrogens with two attached hydrogens (primary N) is 1. The van der Waals surface area contributed by atoms with Gasteiger partial charge in [-0.2, -0.15) is 0 Å². The first-order valence-corrected chi connectivity index (χ1v) is 4.79. The van der Waals surface area contributed by atoms with E-state index in [2.05, 4.69) is 4.99 Å². The second kappa shape index (κ2) is 4.42. The predicted octanol–water partition coefficient (Wildman–Crippen LogP) is 1.08. The van der Waals surface area contributed by atoms with Crippen LogP contribution in [0.5, 0.6) is 0 Å². The van der Waals surface area contributed by atoms with Crippen molar-refractivity contribution in [1.29, 1.82) is 0 Å². The van der Waals surface area contributed by atoms with E-state index in [1.54, 1.807) is 6.08 Å². The normalized spacial score (nSPS) is 21.4. The van der Waals surface area contributed by atoms with E-state index in [4.69, 9.17) is 5.73 Å². The predicted molar refractivity (Wildman–Crippen MR) is 54.6 cm³/mol. The van der Waals surface area contributed by atoms with Gasteiger partial charge in [0.1, 0.15) is 0 Å². The van der Waals surface area contributed by atoms with Crippen molar-refractivity contribution in [1.82, 2.24) is 0 Å². The van der Waals surface area contributed by atoms with Crippen LogP contribution < -0.4 is 5.73 Å². The molecule has 1 atom stereocenters. The molecule has 0 aromatic heterocycles. The zero-order valence-electron chi connectivity index (χ0n) is 8.27. The Labute approximate surface area is 79.4 Å². The molecule has 0 spiro atoms. The molecule has 0 radical (unpaired) electrons. The van der Waals surface area contributed by atoms with Crippen LogP contribution in [0, 0.1) is 5.92 Å². The van der Waals surface area contributed by atoms with Crippen LogP contribution >= 0.6 is 0 Å². The fraction of sp³-hybridized carbons (Fsp3) is 0.700. The van der Waals surface area contributed by atoms with E-state index in [1.165, 1.54) is 6.20 Å². The highest BCUT2D eigenvalue weighted by Crippen LogP contribution is 2.33. The zero-order chi connectivity index (χ0) is 9.84. The molecule has 3 heteroatoms. The molecular weight excluding hydrogens is 164 g/mol. The molecular formula is C10H18N2O. The van der Waals surface area contributed by atoms with E-state index in [9.17, 15) is 5.11 Å². The number of rotatable bonds is 4. The summed E-state index contributed by atoms with van der Waals surface area (Å²) in [6, 6.07) is 0.208. The van der Waals surface area contributed by atoms with Gasteiger partial charge >= 0.3 is 0 Å². The van der Waals surface area contributed by atoms with Crippen LogP contribution in [0.3, 0.4) is 0 Å². The van der Waals surface area contributed by atoms with E-state index >= 15 is 0 Å². The van der Waals surface area contributed by atoms with Crippen molar-refractivity contribution in [2.75, 3.05) is 0 Å². The smallest absolute Gasteiger partial charge is 0.0984 e. The summed E-state index contributed by atoms with van der Waals surface area (Å²) in [6.45, 7) is 3.98. The summed E-state index contributed by atoms with van der Waals surface area (Å²) >= 11 is 0. The number of aliphatic imine (C=N–C) groups is 1. The number of aliphatic hydroxyl groups is 1. The molecule has 0 aromatic carbocycles. The molecule has 1 rings (SSSR count). The Hall–Kier alpha value is -0.830. The summed E-state index contributed by atoms with van der Waals surface area (Å²) in [5.74, 6) is 0.411. The summed E-state index contributed by atoms with van der Waals surface area (Å²) in [5, 5.41) is 9.79. The molecule has 0 aliphatic heterocycles. The van der Waals surface area contributed by atoms with Gasteiger partial charge < -0.3 is 10.8 Å². The van der Waals surface area contributed by atoms with Gasteiger partial charge in [0.15, 0.2) is 0 Å². The van der Waals surface area contributed by atoms with E-state index in [0.29, 0.717) is 5.92 Å². The maximum Gasteiger partial charge on any atom is 0.0984 e. The quantitative estimate of drug-likeness (QED) is 0.639. The van der Waals surface area contributed by atoms with Gasteiger partial charge in [-0.1, -0.05) is 0 Å². The number of nitrogens with zero attached hydrogens (tertiary/aromatic N) is 1. The van der Waals surface area contributed by atoms with Crippen LogP contribution in [0.1, 0.15) is 26.7 Å². The first-order valence-electron chi connectivity index (χ1n) is 4.79. The Balaban J connectivity index is 2.65. The van der Waals surface area contributed by atoms with Gasteiger partial charge in [0.25, 0.3) is 0 Å². The molecule has 74 valence electrons. The maximum atomic E-state index is 9.79. The highest BCUT2D eigenvalue weighted by atomic mass is 16.3. The van der Waals surface area contributed by atoms with Crippen molar-refractivity contribution in [2.45, 2.75) is 38.8 Å². The van der Waals surface area contributed by atoms with Gasteiger partial charge in [-0.3, -0.25) is 4.99 Å². The first kappa shape index (κ1) is 10.3. The van der Waals surface area contributed by atoms with Gasteiger partial charge in [0, 0.05) is 6.04 Å². The SMILES string of the molecule is CC(C)N=C(C=CN)C(O)C1CC1. The first-order chi connectivity index (χ1) is 6.15. The summed E-state index contributed by atoms with van der Waals surface area (Å²) in [5.41, 5.74) is 6.01. The fourth-order valence-electron chi connectivity index (χ4n) is 1.27. The van der Waals surface area contributed by atoms with E-state index in [0.717, 1.165) is 18.6 Å². The molecule has 1 saturated carbocycles. The fourth-order valence-corrected chi connectivity index (χ4v) is 1.27. The molecule has 0 saturated heterocycles. The molecule has 13 heavy (non-hydrogen) atoms. The standard InChI is InChI=1S/C10H18N2O/c1-7(2)12-9(5-6-11)10(13)8-3-4-8/h5-8,10,13H,3-4,11H2,1-2H3. The minimum atomic E-state index is -0.415. The number of hydrogen-bond acceptors (Lipinski definition) is 3. The van der Waals surface area contributed by atoms with Crippen molar-refractivity contribution >= 4 is 5.71 Å². The minimum Gasteiger partial charge on any atom is -0.405 e. The molecule has 1 fully saturated rings. The molecule has 0 aromatic rings. The summed E-state index contributed by atoms with van der Waals surface area (Å²) in [7, 11) is 0. The highest BCUT2D eigenvalue weighted by Gasteiger charge is 2.32. The lowest BCUT2D eigenvalue weighted by molar-refractivity contribution is 0.218.